The molecule has 0 aliphatic rings. The second-order valence-corrected chi connectivity index (χ2v) is 7.00. The molecule has 23 heavy (non-hydrogen) atoms. The van der Waals surface area contributed by atoms with Gasteiger partial charge in [0.2, 0.25) is 0 Å². The molecule has 1 atom stereocenters. The Labute approximate surface area is 145 Å². The lowest BCUT2D eigenvalue weighted by Gasteiger charge is -2.20. The minimum absolute atomic E-state index is 0.226. The van der Waals surface area contributed by atoms with Crippen LogP contribution in [0.15, 0.2) is 18.2 Å². The van der Waals surface area contributed by atoms with E-state index in [1.807, 2.05) is 0 Å². The van der Waals surface area contributed by atoms with E-state index in [0.29, 0.717) is 0 Å². The average Bonchev–Trinajstić information content (AvgIpc) is 2.56. The van der Waals surface area contributed by atoms with E-state index in [2.05, 4.69) is 39.0 Å². The van der Waals surface area contributed by atoms with Crippen molar-refractivity contribution < 1.29 is 0 Å². The first-order chi connectivity index (χ1) is 11.2. The van der Waals surface area contributed by atoms with Crippen LogP contribution in [0.2, 0.25) is 0 Å². The molecule has 0 heterocycles. The Morgan fingerprint density at radius 1 is 0.783 bits per heavy atom. The summed E-state index contributed by atoms with van der Waals surface area (Å²) < 4.78 is 0. The van der Waals surface area contributed by atoms with Crippen molar-refractivity contribution in [2.75, 3.05) is 0 Å². The van der Waals surface area contributed by atoms with Gasteiger partial charge in [-0.15, -0.1) is 0 Å². The fourth-order valence-electron chi connectivity index (χ4n) is 3.43. The van der Waals surface area contributed by atoms with E-state index < -0.39 is 0 Å². The van der Waals surface area contributed by atoms with Gasteiger partial charge in [0.1, 0.15) is 0 Å². The van der Waals surface area contributed by atoms with E-state index in [9.17, 15) is 0 Å². The SMILES string of the molecule is CCCCCc1cccc(C(N)CCCCC)c1CCCCC. The largest absolute Gasteiger partial charge is 0.324 e. The molecule has 132 valence electrons. The second kappa shape index (κ2) is 12.6. The average molecular weight is 318 g/mol. The van der Waals surface area contributed by atoms with Crippen molar-refractivity contribution >= 4 is 0 Å². The zero-order valence-corrected chi connectivity index (χ0v) is 15.9. The van der Waals surface area contributed by atoms with Crippen LogP contribution in [0, 0.1) is 0 Å². The van der Waals surface area contributed by atoms with Crippen molar-refractivity contribution in [2.45, 2.75) is 104 Å². The van der Waals surface area contributed by atoms with Crippen LogP contribution in [0.4, 0.5) is 0 Å². The minimum Gasteiger partial charge on any atom is -0.324 e. The summed E-state index contributed by atoms with van der Waals surface area (Å²) in [5, 5.41) is 0. The molecule has 0 aliphatic heterocycles. The molecule has 0 bridgehead atoms. The highest BCUT2D eigenvalue weighted by molar-refractivity contribution is 5.37. The highest BCUT2D eigenvalue weighted by Crippen LogP contribution is 2.27. The van der Waals surface area contributed by atoms with Gasteiger partial charge >= 0.3 is 0 Å². The molecule has 0 radical (unpaired) electrons. The van der Waals surface area contributed by atoms with Crippen LogP contribution >= 0.6 is 0 Å². The smallest absolute Gasteiger partial charge is 0.0297 e. The summed E-state index contributed by atoms with van der Waals surface area (Å²) in [6.45, 7) is 6.82. The van der Waals surface area contributed by atoms with E-state index in [4.69, 9.17) is 5.73 Å². The Hall–Kier alpha value is -0.820. The fourth-order valence-corrected chi connectivity index (χ4v) is 3.43. The molecular weight excluding hydrogens is 278 g/mol. The monoisotopic (exact) mass is 317 g/mol. The Morgan fingerprint density at radius 2 is 1.39 bits per heavy atom. The summed E-state index contributed by atoms with van der Waals surface area (Å²) in [7, 11) is 0. The molecule has 1 rings (SSSR count). The number of benzene rings is 1. The van der Waals surface area contributed by atoms with E-state index >= 15 is 0 Å². The van der Waals surface area contributed by atoms with E-state index in [0.717, 1.165) is 6.42 Å². The van der Waals surface area contributed by atoms with Gasteiger partial charge < -0.3 is 5.73 Å². The lowest BCUT2D eigenvalue weighted by Crippen LogP contribution is -2.14. The molecule has 1 aromatic carbocycles. The number of rotatable bonds is 13. The van der Waals surface area contributed by atoms with Gasteiger partial charge in [-0.05, 0) is 48.8 Å². The molecule has 2 N–H and O–H groups in total. The summed E-state index contributed by atoms with van der Waals surface area (Å²) in [6.07, 6.45) is 15.3. The van der Waals surface area contributed by atoms with Crippen LogP contribution in [-0.2, 0) is 12.8 Å². The number of hydrogen-bond acceptors (Lipinski definition) is 1. The van der Waals surface area contributed by atoms with Crippen LogP contribution in [0.5, 0.6) is 0 Å². The second-order valence-electron chi connectivity index (χ2n) is 7.00. The molecule has 1 heteroatoms. The Kier molecular flexibility index (Phi) is 11.1. The predicted molar refractivity (Wildman–Crippen MR) is 104 cm³/mol. The molecule has 1 aromatic rings. The van der Waals surface area contributed by atoms with Gasteiger partial charge in [-0.25, -0.2) is 0 Å². The Balaban J connectivity index is 2.85. The van der Waals surface area contributed by atoms with Gasteiger partial charge in [-0.2, -0.15) is 0 Å². The fraction of sp³-hybridized carbons (Fsp3) is 0.727. The van der Waals surface area contributed by atoms with Gasteiger partial charge in [0, 0.05) is 6.04 Å². The molecule has 1 nitrogen and oxygen atoms in total. The van der Waals surface area contributed by atoms with Crippen molar-refractivity contribution in [3.05, 3.63) is 34.9 Å². The third-order valence-electron chi connectivity index (χ3n) is 4.91. The van der Waals surface area contributed by atoms with Crippen molar-refractivity contribution in [3.8, 4) is 0 Å². The Morgan fingerprint density at radius 3 is 2.04 bits per heavy atom. The molecule has 0 aliphatic carbocycles. The zero-order chi connectivity index (χ0) is 16.9. The number of nitrogens with two attached hydrogens (primary N) is 1. The highest BCUT2D eigenvalue weighted by Gasteiger charge is 2.14. The first-order valence-electron chi connectivity index (χ1n) is 10.1. The maximum Gasteiger partial charge on any atom is 0.0297 e. The maximum absolute atomic E-state index is 6.56. The van der Waals surface area contributed by atoms with E-state index in [1.54, 1.807) is 11.1 Å². The standard InChI is InChI=1S/C22H39N/c1-4-7-10-14-19-15-13-17-21(20(19)16-11-8-5-2)22(23)18-12-9-6-3/h13,15,17,22H,4-12,14,16,18,23H2,1-3H3. The molecule has 0 saturated heterocycles. The van der Waals surface area contributed by atoms with E-state index in [-0.39, 0.29) is 6.04 Å². The third-order valence-corrected chi connectivity index (χ3v) is 4.91. The van der Waals surface area contributed by atoms with Crippen LogP contribution in [0.3, 0.4) is 0 Å². The number of unbranched alkanes of at least 4 members (excludes halogenated alkanes) is 6. The highest BCUT2D eigenvalue weighted by atomic mass is 14.6. The van der Waals surface area contributed by atoms with Gasteiger partial charge in [-0.1, -0.05) is 83.9 Å². The first kappa shape index (κ1) is 20.2. The molecule has 1 unspecified atom stereocenters. The lowest BCUT2D eigenvalue weighted by atomic mass is 9.88. The first-order valence-corrected chi connectivity index (χ1v) is 10.1. The third kappa shape index (κ3) is 7.52. The number of aryl methyl sites for hydroxylation is 1. The maximum atomic E-state index is 6.56. The topological polar surface area (TPSA) is 26.0 Å². The van der Waals surface area contributed by atoms with Gasteiger partial charge in [-0.3, -0.25) is 0 Å². The Bertz CT molecular complexity index is 410. The van der Waals surface area contributed by atoms with Crippen LogP contribution in [0.25, 0.3) is 0 Å². The van der Waals surface area contributed by atoms with Gasteiger partial charge in [0.05, 0.1) is 0 Å². The van der Waals surface area contributed by atoms with Gasteiger partial charge in [0.25, 0.3) is 0 Å². The van der Waals surface area contributed by atoms with Crippen LogP contribution in [-0.4, -0.2) is 0 Å². The van der Waals surface area contributed by atoms with Crippen molar-refractivity contribution in [1.82, 2.24) is 0 Å². The van der Waals surface area contributed by atoms with Crippen molar-refractivity contribution in [2.24, 2.45) is 5.73 Å². The normalized spacial score (nSPS) is 12.5. The molecule has 0 spiro atoms. The molecular formula is C22H39N. The molecule has 0 aromatic heterocycles. The quantitative estimate of drug-likeness (QED) is 0.401. The van der Waals surface area contributed by atoms with E-state index in [1.165, 1.54) is 76.2 Å². The molecule has 0 fully saturated rings. The molecule has 0 saturated carbocycles. The predicted octanol–water partition coefficient (Wildman–Crippen LogP) is 6.73. The number of hydrogen-bond donors (Lipinski definition) is 1. The summed E-state index contributed by atoms with van der Waals surface area (Å²) in [6, 6.07) is 7.10. The van der Waals surface area contributed by atoms with Crippen molar-refractivity contribution in [1.29, 1.82) is 0 Å². The van der Waals surface area contributed by atoms with Crippen LogP contribution in [0.1, 0.15) is 108 Å². The summed E-state index contributed by atoms with van der Waals surface area (Å²) >= 11 is 0. The summed E-state index contributed by atoms with van der Waals surface area (Å²) in [5.74, 6) is 0. The summed E-state index contributed by atoms with van der Waals surface area (Å²) in [4.78, 5) is 0. The zero-order valence-electron chi connectivity index (χ0n) is 15.9. The van der Waals surface area contributed by atoms with Gasteiger partial charge in [0.15, 0.2) is 0 Å². The summed E-state index contributed by atoms with van der Waals surface area (Å²) in [5.41, 5.74) is 11.2. The molecule has 0 amide bonds. The lowest BCUT2D eigenvalue weighted by molar-refractivity contribution is 0.574. The van der Waals surface area contributed by atoms with Crippen LogP contribution < -0.4 is 5.73 Å². The minimum atomic E-state index is 0.226. The van der Waals surface area contributed by atoms with Crippen molar-refractivity contribution in [3.63, 3.8) is 0 Å².